The molecule has 0 aromatic heterocycles. The monoisotopic (exact) mass is 319 g/mol. The lowest BCUT2D eigenvalue weighted by molar-refractivity contribution is -0.113. The van der Waals surface area contributed by atoms with Crippen molar-refractivity contribution in [3.63, 3.8) is 0 Å². The molecule has 0 saturated carbocycles. The van der Waals surface area contributed by atoms with E-state index in [1.165, 1.54) is 11.8 Å². The van der Waals surface area contributed by atoms with Crippen LogP contribution in [0.1, 0.15) is 0 Å². The van der Waals surface area contributed by atoms with Crippen LogP contribution in [0.3, 0.4) is 0 Å². The minimum Gasteiger partial charge on any atom is -0.394 e. The standard InChI is InChI=1S/C11H14BrNO3S/c12-8-1-3-9(4-2-8)13-11(16)7-17-6-10(15)5-14/h1-4,10,14-15H,5-7H2,(H,13,16). The van der Waals surface area contributed by atoms with E-state index in [-0.39, 0.29) is 18.3 Å². The maximum Gasteiger partial charge on any atom is 0.234 e. The van der Waals surface area contributed by atoms with Crippen LogP contribution in [0, 0.1) is 0 Å². The Bertz CT molecular complexity index is 358. The molecule has 1 aromatic carbocycles. The number of hydrogen-bond acceptors (Lipinski definition) is 4. The number of anilines is 1. The number of nitrogens with one attached hydrogen (secondary N) is 1. The van der Waals surface area contributed by atoms with Crippen LogP contribution in [0.5, 0.6) is 0 Å². The van der Waals surface area contributed by atoms with Gasteiger partial charge in [0.2, 0.25) is 5.91 Å². The lowest BCUT2D eigenvalue weighted by Gasteiger charge is -2.07. The molecule has 1 amide bonds. The molecule has 17 heavy (non-hydrogen) atoms. The van der Waals surface area contributed by atoms with Gasteiger partial charge in [-0.15, -0.1) is 11.8 Å². The molecule has 0 aliphatic carbocycles. The maximum atomic E-state index is 11.5. The number of hydrogen-bond donors (Lipinski definition) is 3. The second-order valence-corrected chi connectivity index (χ2v) is 5.35. The van der Waals surface area contributed by atoms with Gasteiger partial charge in [0.15, 0.2) is 0 Å². The molecule has 1 atom stereocenters. The highest BCUT2D eigenvalue weighted by Crippen LogP contribution is 2.14. The number of carbonyl (C=O) groups is 1. The Morgan fingerprint density at radius 3 is 2.65 bits per heavy atom. The van der Waals surface area contributed by atoms with Gasteiger partial charge in [-0.1, -0.05) is 15.9 Å². The van der Waals surface area contributed by atoms with E-state index in [4.69, 9.17) is 10.2 Å². The van der Waals surface area contributed by atoms with E-state index in [2.05, 4.69) is 21.2 Å². The van der Waals surface area contributed by atoms with Gasteiger partial charge >= 0.3 is 0 Å². The van der Waals surface area contributed by atoms with E-state index >= 15 is 0 Å². The lowest BCUT2D eigenvalue weighted by Crippen LogP contribution is -2.19. The molecule has 3 N–H and O–H groups in total. The highest BCUT2D eigenvalue weighted by atomic mass is 79.9. The minimum atomic E-state index is -0.763. The summed E-state index contributed by atoms with van der Waals surface area (Å²) in [6, 6.07) is 7.29. The van der Waals surface area contributed by atoms with Crippen LogP contribution in [0.25, 0.3) is 0 Å². The first kappa shape index (κ1) is 14.5. The molecule has 0 bridgehead atoms. The summed E-state index contributed by atoms with van der Waals surface area (Å²) in [7, 11) is 0. The highest BCUT2D eigenvalue weighted by molar-refractivity contribution is 9.10. The van der Waals surface area contributed by atoms with Gasteiger partial charge < -0.3 is 15.5 Å². The first-order valence-electron chi connectivity index (χ1n) is 5.04. The molecule has 0 saturated heterocycles. The van der Waals surface area contributed by atoms with Gasteiger partial charge in [-0.3, -0.25) is 4.79 Å². The van der Waals surface area contributed by atoms with Crippen LogP contribution in [0.4, 0.5) is 5.69 Å². The molecule has 1 rings (SSSR count). The second kappa shape index (κ2) is 7.71. The van der Waals surface area contributed by atoms with Crippen molar-refractivity contribution in [1.82, 2.24) is 0 Å². The molecule has 0 aliphatic heterocycles. The summed E-state index contributed by atoms with van der Waals surface area (Å²) in [4.78, 5) is 11.5. The number of rotatable bonds is 6. The third kappa shape index (κ3) is 6.07. The molecule has 0 radical (unpaired) electrons. The fourth-order valence-electron chi connectivity index (χ4n) is 1.07. The summed E-state index contributed by atoms with van der Waals surface area (Å²) >= 11 is 4.59. The van der Waals surface area contributed by atoms with Gasteiger partial charge in [0.05, 0.1) is 18.5 Å². The van der Waals surface area contributed by atoms with Crippen molar-refractivity contribution >= 4 is 39.3 Å². The minimum absolute atomic E-state index is 0.123. The van der Waals surface area contributed by atoms with E-state index in [0.29, 0.717) is 5.75 Å². The average molecular weight is 320 g/mol. The molecule has 0 fully saturated rings. The van der Waals surface area contributed by atoms with Gasteiger partial charge in [-0.25, -0.2) is 0 Å². The van der Waals surface area contributed by atoms with Crippen molar-refractivity contribution in [3.05, 3.63) is 28.7 Å². The van der Waals surface area contributed by atoms with E-state index in [1.807, 2.05) is 12.1 Å². The van der Waals surface area contributed by atoms with Crippen molar-refractivity contribution in [2.75, 3.05) is 23.4 Å². The Morgan fingerprint density at radius 2 is 2.06 bits per heavy atom. The van der Waals surface area contributed by atoms with Crippen LogP contribution in [-0.2, 0) is 4.79 Å². The molecular weight excluding hydrogens is 306 g/mol. The van der Waals surface area contributed by atoms with Crippen molar-refractivity contribution in [3.8, 4) is 0 Å². The summed E-state index contributed by atoms with van der Waals surface area (Å²) in [5, 5.41) is 20.4. The number of carbonyl (C=O) groups excluding carboxylic acids is 1. The Kier molecular flexibility index (Phi) is 6.57. The summed E-state index contributed by atoms with van der Waals surface area (Å²) < 4.78 is 0.955. The van der Waals surface area contributed by atoms with Crippen LogP contribution >= 0.6 is 27.7 Å². The summed E-state index contributed by atoms with van der Waals surface area (Å²) in [5.74, 6) is 0.486. The Labute approximate surface area is 113 Å². The van der Waals surface area contributed by atoms with E-state index in [0.717, 1.165) is 10.2 Å². The SMILES string of the molecule is O=C(CSCC(O)CO)Nc1ccc(Br)cc1. The normalized spacial score (nSPS) is 12.2. The van der Waals surface area contributed by atoms with Crippen LogP contribution < -0.4 is 5.32 Å². The predicted octanol–water partition coefficient (Wildman–Crippen LogP) is 1.47. The first-order chi connectivity index (χ1) is 8.11. The zero-order valence-corrected chi connectivity index (χ0v) is 11.5. The topological polar surface area (TPSA) is 69.6 Å². The van der Waals surface area contributed by atoms with Gasteiger partial charge in [-0.2, -0.15) is 0 Å². The fraction of sp³-hybridized carbons (Fsp3) is 0.364. The largest absolute Gasteiger partial charge is 0.394 e. The van der Waals surface area contributed by atoms with E-state index < -0.39 is 6.10 Å². The Morgan fingerprint density at radius 1 is 1.41 bits per heavy atom. The number of benzene rings is 1. The number of amides is 1. The smallest absolute Gasteiger partial charge is 0.234 e. The molecule has 0 aliphatic rings. The lowest BCUT2D eigenvalue weighted by atomic mass is 10.3. The third-order valence-electron chi connectivity index (χ3n) is 1.88. The molecule has 0 heterocycles. The fourth-order valence-corrected chi connectivity index (χ4v) is 2.09. The average Bonchev–Trinajstić information content (AvgIpc) is 2.32. The summed E-state index contributed by atoms with van der Waals surface area (Å²) in [5.41, 5.74) is 0.738. The third-order valence-corrected chi connectivity index (χ3v) is 3.50. The van der Waals surface area contributed by atoms with Crippen LogP contribution in [-0.4, -0.2) is 40.3 Å². The quantitative estimate of drug-likeness (QED) is 0.742. The predicted molar refractivity (Wildman–Crippen MR) is 73.2 cm³/mol. The maximum absolute atomic E-state index is 11.5. The zero-order valence-electron chi connectivity index (χ0n) is 9.10. The first-order valence-corrected chi connectivity index (χ1v) is 6.98. The van der Waals surface area contributed by atoms with Crippen molar-refractivity contribution in [2.24, 2.45) is 0 Å². The van der Waals surface area contributed by atoms with Gasteiger partial charge in [0.25, 0.3) is 0 Å². The molecule has 1 unspecified atom stereocenters. The number of halogens is 1. The molecule has 4 nitrogen and oxygen atoms in total. The highest BCUT2D eigenvalue weighted by Gasteiger charge is 2.06. The molecule has 6 heteroatoms. The molecule has 94 valence electrons. The van der Waals surface area contributed by atoms with Gasteiger partial charge in [0.1, 0.15) is 0 Å². The second-order valence-electron chi connectivity index (χ2n) is 3.41. The number of thioether (sulfide) groups is 1. The summed E-state index contributed by atoms with van der Waals surface area (Å²) in [6.07, 6.45) is -0.763. The van der Waals surface area contributed by atoms with Crippen LogP contribution in [0.2, 0.25) is 0 Å². The number of aliphatic hydroxyl groups excluding tert-OH is 2. The molecular formula is C11H14BrNO3S. The van der Waals surface area contributed by atoms with Crippen molar-refractivity contribution < 1.29 is 15.0 Å². The van der Waals surface area contributed by atoms with Crippen LogP contribution in [0.15, 0.2) is 28.7 Å². The van der Waals surface area contributed by atoms with E-state index in [1.54, 1.807) is 12.1 Å². The zero-order chi connectivity index (χ0) is 12.7. The number of aliphatic hydroxyl groups is 2. The van der Waals surface area contributed by atoms with Crippen molar-refractivity contribution in [2.45, 2.75) is 6.10 Å². The van der Waals surface area contributed by atoms with Gasteiger partial charge in [0, 0.05) is 15.9 Å². The Balaban J connectivity index is 2.27. The Hall–Kier alpha value is -0.560. The van der Waals surface area contributed by atoms with Gasteiger partial charge in [-0.05, 0) is 24.3 Å². The van der Waals surface area contributed by atoms with Crippen molar-refractivity contribution in [1.29, 1.82) is 0 Å². The van der Waals surface area contributed by atoms with E-state index in [9.17, 15) is 4.79 Å². The summed E-state index contributed by atoms with van der Waals surface area (Å²) in [6.45, 7) is -0.276. The molecule has 0 spiro atoms. The molecule has 1 aromatic rings.